The molecule has 8 nitrogen and oxygen atoms in total. The van der Waals surface area contributed by atoms with E-state index in [2.05, 4.69) is 28.2 Å². The number of benzene rings is 3. The van der Waals surface area contributed by atoms with Gasteiger partial charge in [0.15, 0.2) is 22.7 Å². The van der Waals surface area contributed by atoms with Gasteiger partial charge >= 0.3 is 5.56 Å². The molecule has 2 aromatic heterocycles. The summed E-state index contributed by atoms with van der Waals surface area (Å²) in [7, 11) is 0. The van der Waals surface area contributed by atoms with Gasteiger partial charge in [-0.1, -0.05) is 42.5 Å². The van der Waals surface area contributed by atoms with Crippen LogP contribution in [0.15, 0.2) is 71.8 Å². The summed E-state index contributed by atoms with van der Waals surface area (Å²) in [6.45, 7) is 0.693. The van der Waals surface area contributed by atoms with Crippen LogP contribution in [0.2, 0.25) is 0 Å². The number of imidazole rings is 1. The van der Waals surface area contributed by atoms with Crippen LogP contribution in [0.1, 0.15) is 11.1 Å². The van der Waals surface area contributed by atoms with Crippen molar-refractivity contribution in [3.05, 3.63) is 88.5 Å². The van der Waals surface area contributed by atoms with Crippen LogP contribution in [0, 0.1) is 0 Å². The Kier molecular flexibility index (Phi) is 4.32. The Morgan fingerprint density at radius 3 is 2.42 bits per heavy atom. The molecule has 0 unspecified atom stereocenters. The zero-order valence-electron chi connectivity index (χ0n) is 16.4. The SMILES string of the molecule is Nc1nc(=O)c2c(ncn2Cc2ccc3ccccc3c2)n1Cc1ccc(O)c(O)c1. The second-order valence-electron chi connectivity index (χ2n) is 7.41. The molecular weight excluding hydrogens is 394 g/mol. The Morgan fingerprint density at radius 1 is 0.871 bits per heavy atom. The van der Waals surface area contributed by atoms with Crippen molar-refractivity contribution in [3.63, 3.8) is 0 Å². The van der Waals surface area contributed by atoms with Gasteiger partial charge in [0.1, 0.15) is 0 Å². The van der Waals surface area contributed by atoms with Crippen LogP contribution in [-0.2, 0) is 13.1 Å². The molecule has 0 spiro atoms. The van der Waals surface area contributed by atoms with Gasteiger partial charge in [0.25, 0.3) is 0 Å². The van der Waals surface area contributed by atoms with Crippen LogP contribution in [0.5, 0.6) is 11.5 Å². The molecule has 0 aliphatic heterocycles. The molecule has 0 bridgehead atoms. The highest BCUT2D eigenvalue weighted by molar-refractivity contribution is 5.83. The number of anilines is 1. The minimum absolute atomic E-state index is 0.0287. The van der Waals surface area contributed by atoms with Crippen LogP contribution in [-0.4, -0.2) is 29.3 Å². The zero-order chi connectivity index (χ0) is 21.5. The van der Waals surface area contributed by atoms with E-state index in [4.69, 9.17) is 5.73 Å². The summed E-state index contributed by atoms with van der Waals surface area (Å²) in [5.41, 5.74) is 8.04. The first kappa shape index (κ1) is 18.7. The fourth-order valence-corrected chi connectivity index (χ4v) is 3.77. The molecule has 154 valence electrons. The first-order chi connectivity index (χ1) is 15.0. The maximum absolute atomic E-state index is 12.6. The molecule has 0 aliphatic rings. The Morgan fingerprint density at radius 2 is 1.61 bits per heavy atom. The maximum Gasteiger partial charge on any atom is 0.300 e. The number of phenolic OH excluding ortho intramolecular Hbond substituents is 2. The van der Waals surface area contributed by atoms with E-state index in [1.54, 1.807) is 21.5 Å². The Labute approximate surface area is 176 Å². The third-order valence-electron chi connectivity index (χ3n) is 5.32. The van der Waals surface area contributed by atoms with Crippen LogP contribution in [0.25, 0.3) is 21.9 Å². The molecule has 4 N–H and O–H groups in total. The third-order valence-corrected chi connectivity index (χ3v) is 5.32. The molecule has 5 rings (SSSR count). The fraction of sp³-hybridized carbons (Fsp3) is 0.0870. The molecule has 0 fully saturated rings. The van der Waals surface area contributed by atoms with E-state index in [-0.39, 0.29) is 24.0 Å². The summed E-state index contributed by atoms with van der Waals surface area (Å²) in [6.07, 6.45) is 1.60. The number of hydrogen-bond donors (Lipinski definition) is 3. The third kappa shape index (κ3) is 3.33. The number of aromatic nitrogens is 4. The van der Waals surface area contributed by atoms with Crippen molar-refractivity contribution in [1.82, 2.24) is 19.1 Å². The van der Waals surface area contributed by atoms with Crippen molar-refractivity contribution in [3.8, 4) is 11.5 Å². The van der Waals surface area contributed by atoms with Crippen molar-refractivity contribution in [1.29, 1.82) is 0 Å². The minimum atomic E-state index is -0.449. The lowest BCUT2D eigenvalue weighted by Crippen LogP contribution is -2.20. The van der Waals surface area contributed by atoms with E-state index < -0.39 is 5.56 Å². The molecule has 2 heterocycles. The van der Waals surface area contributed by atoms with Crippen molar-refractivity contribution >= 4 is 27.9 Å². The topological polar surface area (TPSA) is 119 Å². The van der Waals surface area contributed by atoms with E-state index in [0.29, 0.717) is 23.3 Å². The Bertz CT molecular complexity index is 1500. The molecule has 0 atom stereocenters. The molecule has 5 aromatic rings. The maximum atomic E-state index is 12.6. The van der Waals surface area contributed by atoms with E-state index in [0.717, 1.165) is 16.3 Å². The van der Waals surface area contributed by atoms with Crippen molar-refractivity contribution in [2.75, 3.05) is 5.73 Å². The molecular formula is C23H19N5O3. The Balaban J connectivity index is 1.56. The highest BCUT2D eigenvalue weighted by Gasteiger charge is 2.16. The predicted octanol–water partition coefficient (Wildman–Crippen LogP) is 2.84. The highest BCUT2D eigenvalue weighted by atomic mass is 16.3. The van der Waals surface area contributed by atoms with Crippen LogP contribution >= 0.6 is 0 Å². The molecule has 8 heteroatoms. The number of fused-ring (bicyclic) bond motifs is 2. The molecule has 0 aliphatic carbocycles. The second-order valence-corrected chi connectivity index (χ2v) is 7.41. The van der Waals surface area contributed by atoms with E-state index in [1.165, 1.54) is 12.1 Å². The monoisotopic (exact) mass is 413 g/mol. The van der Waals surface area contributed by atoms with Crippen LogP contribution in [0.4, 0.5) is 5.95 Å². The predicted molar refractivity (Wildman–Crippen MR) is 118 cm³/mol. The summed E-state index contributed by atoms with van der Waals surface area (Å²) in [6, 6.07) is 18.7. The molecule has 0 saturated carbocycles. The molecule has 31 heavy (non-hydrogen) atoms. The second kappa shape index (κ2) is 7.17. The highest BCUT2D eigenvalue weighted by Crippen LogP contribution is 2.26. The van der Waals surface area contributed by atoms with Gasteiger partial charge in [-0.25, -0.2) is 4.98 Å². The number of rotatable bonds is 4. The van der Waals surface area contributed by atoms with E-state index >= 15 is 0 Å². The van der Waals surface area contributed by atoms with E-state index in [1.807, 2.05) is 24.3 Å². The number of aromatic hydroxyl groups is 2. The van der Waals surface area contributed by atoms with Gasteiger partial charge in [0.05, 0.1) is 12.9 Å². The normalized spacial score (nSPS) is 11.4. The minimum Gasteiger partial charge on any atom is -0.504 e. The molecule has 3 aromatic carbocycles. The number of phenols is 2. The molecule has 0 saturated heterocycles. The molecule has 0 radical (unpaired) electrons. The standard InChI is InChI=1S/C23H19N5O3/c24-23-26-22(31)20-21(28(23)12-15-6-8-18(29)19(30)10-15)25-13-27(20)11-14-5-7-16-3-1-2-4-17(16)9-14/h1-10,13,29-30H,11-12H2,(H2,24,26,31). The summed E-state index contributed by atoms with van der Waals surface area (Å²) in [5, 5.41) is 21.6. The number of nitrogens with two attached hydrogens (primary N) is 1. The van der Waals surface area contributed by atoms with Gasteiger partial charge in [-0.05, 0) is 40.1 Å². The van der Waals surface area contributed by atoms with Gasteiger partial charge in [0, 0.05) is 6.54 Å². The van der Waals surface area contributed by atoms with Crippen molar-refractivity contribution in [2.24, 2.45) is 0 Å². The number of nitrogens with zero attached hydrogens (tertiary/aromatic N) is 4. The lowest BCUT2D eigenvalue weighted by molar-refractivity contribution is 0.403. The van der Waals surface area contributed by atoms with Gasteiger partial charge in [0.2, 0.25) is 5.95 Å². The van der Waals surface area contributed by atoms with Crippen molar-refractivity contribution < 1.29 is 10.2 Å². The quantitative estimate of drug-likeness (QED) is 0.390. The average Bonchev–Trinajstić information content (AvgIpc) is 3.17. The number of hydrogen-bond acceptors (Lipinski definition) is 6. The smallest absolute Gasteiger partial charge is 0.300 e. The summed E-state index contributed by atoms with van der Waals surface area (Å²) < 4.78 is 3.37. The first-order valence-corrected chi connectivity index (χ1v) is 9.69. The number of nitrogen functional groups attached to an aromatic ring is 1. The molecule has 0 amide bonds. The summed E-state index contributed by atoms with van der Waals surface area (Å²) in [5.74, 6) is -0.413. The van der Waals surface area contributed by atoms with Gasteiger partial charge in [-0.2, -0.15) is 4.98 Å². The van der Waals surface area contributed by atoms with Crippen molar-refractivity contribution in [2.45, 2.75) is 13.1 Å². The largest absolute Gasteiger partial charge is 0.504 e. The van der Waals surface area contributed by atoms with E-state index in [9.17, 15) is 15.0 Å². The average molecular weight is 413 g/mol. The van der Waals surface area contributed by atoms with Gasteiger partial charge < -0.3 is 20.5 Å². The van der Waals surface area contributed by atoms with Crippen LogP contribution < -0.4 is 11.3 Å². The lowest BCUT2D eigenvalue weighted by Gasteiger charge is -2.12. The summed E-state index contributed by atoms with van der Waals surface area (Å²) >= 11 is 0. The zero-order valence-corrected chi connectivity index (χ0v) is 16.4. The lowest BCUT2D eigenvalue weighted by atomic mass is 10.1. The van der Waals surface area contributed by atoms with Gasteiger partial charge in [-0.15, -0.1) is 0 Å². The summed E-state index contributed by atoms with van der Waals surface area (Å²) in [4.78, 5) is 21.1. The Hall–Kier alpha value is -4.33. The first-order valence-electron chi connectivity index (χ1n) is 9.69. The van der Waals surface area contributed by atoms with Gasteiger partial charge in [-0.3, -0.25) is 9.36 Å². The van der Waals surface area contributed by atoms with Crippen LogP contribution in [0.3, 0.4) is 0 Å². The fourth-order valence-electron chi connectivity index (χ4n) is 3.77.